The summed E-state index contributed by atoms with van der Waals surface area (Å²) >= 11 is 3.49. The summed E-state index contributed by atoms with van der Waals surface area (Å²) in [5.41, 5.74) is 3.11. The van der Waals surface area contributed by atoms with Crippen molar-refractivity contribution < 1.29 is 5.11 Å². The van der Waals surface area contributed by atoms with Crippen LogP contribution in [0.1, 0.15) is 5.56 Å². The van der Waals surface area contributed by atoms with E-state index in [1.807, 2.05) is 12.1 Å². The molecule has 0 unspecified atom stereocenters. The highest BCUT2D eigenvalue weighted by atomic mass is 32.1. The van der Waals surface area contributed by atoms with Gasteiger partial charge in [-0.25, -0.2) is 9.97 Å². The Kier molecular flexibility index (Phi) is 5.39. The second kappa shape index (κ2) is 8.31. The van der Waals surface area contributed by atoms with Gasteiger partial charge in [0.15, 0.2) is 5.82 Å². The van der Waals surface area contributed by atoms with Gasteiger partial charge in [0.1, 0.15) is 12.1 Å². The number of hydrogen-bond donors (Lipinski definition) is 2. The number of phenolic OH excluding ortho intramolecular Hbond substituents is 1. The van der Waals surface area contributed by atoms with E-state index in [0.29, 0.717) is 0 Å². The third kappa shape index (κ3) is 4.17. The zero-order valence-corrected chi connectivity index (χ0v) is 18.3. The Morgan fingerprint density at radius 3 is 2.77 bits per heavy atom. The van der Waals surface area contributed by atoms with Crippen LogP contribution < -0.4 is 5.32 Å². The number of piperazine rings is 1. The molecule has 6 nitrogen and oxygen atoms in total. The van der Waals surface area contributed by atoms with E-state index in [0.717, 1.165) is 54.4 Å². The smallest absolute Gasteiger partial charge is 0.151 e. The fourth-order valence-corrected chi connectivity index (χ4v) is 5.69. The van der Waals surface area contributed by atoms with Crippen LogP contribution in [0, 0.1) is 0 Å². The van der Waals surface area contributed by atoms with Crippen LogP contribution in [0.3, 0.4) is 0 Å². The molecule has 1 aromatic carbocycles. The number of fused-ring (bicyclic) bond motifs is 1. The molecule has 0 radical (unpaired) electrons. The number of rotatable bonds is 5. The third-order valence-corrected chi connectivity index (χ3v) is 7.62. The maximum absolute atomic E-state index is 9.72. The van der Waals surface area contributed by atoms with Gasteiger partial charge in [-0.3, -0.25) is 4.90 Å². The summed E-state index contributed by atoms with van der Waals surface area (Å²) in [5.74, 6) is 0.986. The number of nitrogens with zero attached hydrogens (tertiary/aromatic N) is 4. The molecular weight excluding hydrogens is 414 g/mol. The normalized spacial score (nSPS) is 15.6. The fourth-order valence-electron chi connectivity index (χ4n) is 3.64. The van der Waals surface area contributed by atoms with Crippen molar-refractivity contribution in [2.24, 2.45) is 0 Å². The van der Waals surface area contributed by atoms with Crippen molar-refractivity contribution in [3.05, 3.63) is 53.7 Å². The van der Waals surface area contributed by atoms with Crippen LogP contribution in [0.4, 0.5) is 11.5 Å². The standard InChI is InChI=1S/C22H23N5OS2/c1-26-5-7-27(8-6-26)12-15-9-19(29-13-15)20-11-18-21(30-20)22(24-14-23-18)25-16-3-2-4-17(28)10-16/h2-4,9-11,13-14,28H,5-8,12H2,1H3,(H,23,24,25). The molecule has 1 aliphatic heterocycles. The second-order valence-corrected chi connectivity index (χ2v) is 9.58. The number of aromatic nitrogens is 2. The van der Waals surface area contributed by atoms with E-state index in [4.69, 9.17) is 0 Å². The van der Waals surface area contributed by atoms with E-state index in [9.17, 15) is 5.11 Å². The summed E-state index contributed by atoms with van der Waals surface area (Å²) in [4.78, 5) is 16.3. The Hall–Kier alpha value is -2.52. The quantitative estimate of drug-likeness (QED) is 0.475. The minimum atomic E-state index is 0.226. The predicted octanol–water partition coefficient (Wildman–Crippen LogP) is 4.62. The summed E-state index contributed by atoms with van der Waals surface area (Å²) in [7, 11) is 2.19. The molecule has 0 atom stereocenters. The molecule has 0 amide bonds. The number of hydrogen-bond acceptors (Lipinski definition) is 8. The molecule has 2 N–H and O–H groups in total. The average Bonchev–Trinajstić information content (AvgIpc) is 3.37. The Morgan fingerprint density at radius 1 is 1.07 bits per heavy atom. The van der Waals surface area contributed by atoms with Crippen LogP contribution in [0.5, 0.6) is 5.75 Å². The number of benzene rings is 1. The van der Waals surface area contributed by atoms with Gasteiger partial charge in [0.05, 0.1) is 10.2 Å². The van der Waals surface area contributed by atoms with Crippen LogP contribution in [-0.2, 0) is 6.54 Å². The zero-order valence-electron chi connectivity index (χ0n) is 16.7. The van der Waals surface area contributed by atoms with Crippen molar-refractivity contribution >= 4 is 44.4 Å². The Balaban J connectivity index is 1.37. The molecule has 30 heavy (non-hydrogen) atoms. The molecular formula is C22H23N5OS2. The molecule has 3 aromatic heterocycles. The van der Waals surface area contributed by atoms with Crippen LogP contribution >= 0.6 is 22.7 Å². The zero-order chi connectivity index (χ0) is 20.5. The molecule has 4 aromatic rings. The highest BCUT2D eigenvalue weighted by Crippen LogP contribution is 2.39. The van der Waals surface area contributed by atoms with Crippen LogP contribution in [0.15, 0.2) is 48.1 Å². The van der Waals surface area contributed by atoms with Gasteiger partial charge in [-0.2, -0.15) is 0 Å². The lowest BCUT2D eigenvalue weighted by atomic mass is 10.2. The first-order chi connectivity index (χ1) is 14.6. The molecule has 5 rings (SSSR count). The van der Waals surface area contributed by atoms with E-state index in [-0.39, 0.29) is 5.75 Å². The van der Waals surface area contributed by atoms with E-state index in [1.165, 1.54) is 15.3 Å². The molecule has 154 valence electrons. The van der Waals surface area contributed by atoms with Gasteiger partial charge in [0.25, 0.3) is 0 Å². The van der Waals surface area contributed by atoms with Crippen molar-refractivity contribution in [2.75, 3.05) is 38.5 Å². The molecule has 0 bridgehead atoms. The maximum atomic E-state index is 9.72. The van der Waals surface area contributed by atoms with Gasteiger partial charge in [-0.05, 0) is 42.3 Å². The molecule has 4 heterocycles. The van der Waals surface area contributed by atoms with Crippen molar-refractivity contribution in [3.8, 4) is 15.5 Å². The molecule has 0 spiro atoms. The predicted molar refractivity (Wildman–Crippen MR) is 125 cm³/mol. The summed E-state index contributed by atoms with van der Waals surface area (Å²) in [6, 6.07) is 11.5. The van der Waals surface area contributed by atoms with Crippen LogP contribution in [0.25, 0.3) is 20.0 Å². The maximum Gasteiger partial charge on any atom is 0.151 e. The number of aromatic hydroxyl groups is 1. The number of phenols is 1. The van der Waals surface area contributed by atoms with Gasteiger partial charge in [0, 0.05) is 54.2 Å². The Labute approximate surface area is 183 Å². The van der Waals surface area contributed by atoms with Gasteiger partial charge >= 0.3 is 0 Å². The molecule has 0 aliphatic carbocycles. The van der Waals surface area contributed by atoms with Gasteiger partial charge < -0.3 is 15.3 Å². The SMILES string of the molecule is CN1CCN(Cc2csc(-c3cc4ncnc(Nc5cccc(O)c5)c4s3)c2)CC1. The fraction of sp³-hybridized carbons (Fsp3) is 0.273. The number of anilines is 2. The summed E-state index contributed by atoms with van der Waals surface area (Å²) in [6.07, 6.45) is 1.58. The van der Waals surface area contributed by atoms with E-state index < -0.39 is 0 Å². The minimum absolute atomic E-state index is 0.226. The number of nitrogens with one attached hydrogen (secondary N) is 1. The molecule has 1 fully saturated rings. The lowest BCUT2D eigenvalue weighted by Gasteiger charge is -2.32. The van der Waals surface area contributed by atoms with Crippen molar-refractivity contribution in [3.63, 3.8) is 0 Å². The van der Waals surface area contributed by atoms with Crippen LogP contribution in [-0.4, -0.2) is 58.1 Å². The van der Waals surface area contributed by atoms with Crippen molar-refractivity contribution in [1.82, 2.24) is 19.8 Å². The topological polar surface area (TPSA) is 64.5 Å². The first-order valence-corrected chi connectivity index (χ1v) is 11.6. The Morgan fingerprint density at radius 2 is 1.93 bits per heavy atom. The minimum Gasteiger partial charge on any atom is -0.508 e. The molecule has 1 saturated heterocycles. The van der Waals surface area contributed by atoms with Gasteiger partial charge in [0.2, 0.25) is 0 Å². The van der Waals surface area contributed by atoms with E-state index >= 15 is 0 Å². The van der Waals surface area contributed by atoms with Crippen molar-refractivity contribution in [1.29, 1.82) is 0 Å². The monoisotopic (exact) mass is 437 g/mol. The average molecular weight is 438 g/mol. The first-order valence-electron chi connectivity index (χ1n) is 9.93. The lowest BCUT2D eigenvalue weighted by Crippen LogP contribution is -2.43. The Bertz CT molecular complexity index is 1160. The highest BCUT2D eigenvalue weighted by Gasteiger charge is 2.16. The number of thiophene rings is 2. The second-order valence-electron chi connectivity index (χ2n) is 7.62. The molecule has 0 saturated carbocycles. The van der Waals surface area contributed by atoms with Crippen molar-refractivity contribution in [2.45, 2.75) is 6.54 Å². The largest absolute Gasteiger partial charge is 0.508 e. The number of likely N-dealkylation sites (N-methyl/N-ethyl adjacent to an activating group) is 1. The summed E-state index contributed by atoms with van der Waals surface area (Å²) in [5, 5.41) is 15.3. The third-order valence-electron chi connectivity index (χ3n) is 5.32. The summed E-state index contributed by atoms with van der Waals surface area (Å²) in [6.45, 7) is 5.55. The lowest BCUT2D eigenvalue weighted by molar-refractivity contribution is 0.148. The highest BCUT2D eigenvalue weighted by molar-refractivity contribution is 7.26. The van der Waals surface area contributed by atoms with Gasteiger partial charge in [-0.1, -0.05) is 6.07 Å². The first kappa shape index (κ1) is 19.4. The van der Waals surface area contributed by atoms with E-state index in [2.05, 4.69) is 49.6 Å². The molecule has 1 aliphatic rings. The van der Waals surface area contributed by atoms with E-state index in [1.54, 1.807) is 41.1 Å². The molecule has 8 heteroatoms. The summed E-state index contributed by atoms with van der Waals surface area (Å²) < 4.78 is 1.02. The van der Waals surface area contributed by atoms with Gasteiger partial charge in [-0.15, -0.1) is 22.7 Å². The van der Waals surface area contributed by atoms with Crippen LogP contribution in [0.2, 0.25) is 0 Å².